The topological polar surface area (TPSA) is 47.0 Å². The maximum atomic E-state index is 5.61. The Hall–Kier alpha value is -0.520. The second-order valence-electron chi connectivity index (χ2n) is 4.61. The first kappa shape index (κ1) is 12.9. The van der Waals surface area contributed by atoms with E-state index in [4.69, 9.17) is 4.74 Å². The van der Waals surface area contributed by atoms with Crippen LogP contribution in [0.5, 0.6) is 0 Å². The molecule has 0 bridgehead atoms. The van der Waals surface area contributed by atoms with Crippen LogP contribution < -0.4 is 5.32 Å². The molecule has 1 N–H and O–H groups in total. The molecule has 5 heteroatoms. The van der Waals surface area contributed by atoms with Gasteiger partial charge >= 0.3 is 0 Å². The van der Waals surface area contributed by atoms with Crippen LogP contribution in [-0.2, 0) is 17.6 Å². The van der Waals surface area contributed by atoms with E-state index in [2.05, 4.69) is 22.4 Å². The average molecular weight is 255 g/mol. The summed E-state index contributed by atoms with van der Waals surface area (Å²) in [5.74, 6) is 0. The highest BCUT2D eigenvalue weighted by Crippen LogP contribution is 2.38. The van der Waals surface area contributed by atoms with E-state index in [1.807, 2.05) is 7.11 Å². The quantitative estimate of drug-likeness (QED) is 0.755. The molecule has 1 heterocycles. The highest BCUT2D eigenvalue weighted by Gasteiger charge is 2.38. The third-order valence-corrected chi connectivity index (χ3v) is 4.43. The molecule has 0 saturated heterocycles. The molecule has 0 unspecified atom stereocenters. The van der Waals surface area contributed by atoms with Crippen LogP contribution in [0.1, 0.15) is 36.2 Å². The van der Waals surface area contributed by atoms with Gasteiger partial charge in [0.05, 0.1) is 5.60 Å². The van der Waals surface area contributed by atoms with E-state index in [1.54, 1.807) is 11.3 Å². The molecule has 0 amide bonds. The minimum Gasteiger partial charge on any atom is -0.378 e. The first-order valence-corrected chi connectivity index (χ1v) is 7.17. The number of ether oxygens (including phenoxy) is 1. The van der Waals surface area contributed by atoms with Gasteiger partial charge in [-0.25, -0.2) is 0 Å². The molecule has 2 rings (SSSR count). The summed E-state index contributed by atoms with van der Waals surface area (Å²) in [6, 6.07) is 0. The van der Waals surface area contributed by atoms with E-state index >= 15 is 0 Å². The van der Waals surface area contributed by atoms with Crippen LogP contribution in [0.3, 0.4) is 0 Å². The van der Waals surface area contributed by atoms with Crippen molar-refractivity contribution in [1.82, 2.24) is 15.5 Å². The van der Waals surface area contributed by atoms with Gasteiger partial charge in [0.1, 0.15) is 10.0 Å². The molecule has 0 spiro atoms. The molecule has 1 fully saturated rings. The monoisotopic (exact) mass is 255 g/mol. The van der Waals surface area contributed by atoms with Crippen molar-refractivity contribution in [3.63, 3.8) is 0 Å². The van der Waals surface area contributed by atoms with E-state index in [-0.39, 0.29) is 5.60 Å². The van der Waals surface area contributed by atoms with Crippen molar-refractivity contribution in [2.75, 3.05) is 20.2 Å². The molecular formula is C12H21N3OS. The molecular weight excluding hydrogens is 234 g/mol. The van der Waals surface area contributed by atoms with Gasteiger partial charge in [-0.1, -0.05) is 6.92 Å². The SMILES string of the molecule is CCNCCc1nnc(CC2(OC)CCC2)s1. The molecule has 0 aliphatic heterocycles. The number of aromatic nitrogens is 2. The van der Waals surface area contributed by atoms with Crippen LogP contribution in [-0.4, -0.2) is 36.0 Å². The summed E-state index contributed by atoms with van der Waals surface area (Å²) in [4.78, 5) is 0. The number of hydrogen-bond acceptors (Lipinski definition) is 5. The average Bonchev–Trinajstić information content (AvgIpc) is 2.72. The molecule has 1 saturated carbocycles. The molecule has 4 nitrogen and oxygen atoms in total. The van der Waals surface area contributed by atoms with Crippen molar-refractivity contribution in [1.29, 1.82) is 0 Å². The summed E-state index contributed by atoms with van der Waals surface area (Å²) >= 11 is 1.73. The number of nitrogens with zero attached hydrogens (tertiary/aromatic N) is 2. The minimum atomic E-state index is 0.0679. The Kier molecular flexibility index (Phi) is 4.48. The molecule has 1 aromatic rings. The van der Waals surface area contributed by atoms with E-state index < -0.39 is 0 Å². The fraction of sp³-hybridized carbons (Fsp3) is 0.833. The smallest absolute Gasteiger partial charge is 0.120 e. The highest BCUT2D eigenvalue weighted by molar-refractivity contribution is 7.11. The molecule has 1 aliphatic carbocycles. The zero-order chi connectivity index (χ0) is 12.1. The summed E-state index contributed by atoms with van der Waals surface area (Å²) < 4.78 is 5.61. The summed E-state index contributed by atoms with van der Waals surface area (Å²) in [5.41, 5.74) is 0.0679. The van der Waals surface area contributed by atoms with Gasteiger partial charge in [0.15, 0.2) is 0 Å². The summed E-state index contributed by atoms with van der Waals surface area (Å²) in [5, 5.41) is 14.1. The van der Waals surface area contributed by atoms with Crippen molar-refractivity contribution in [2.45, 2.75) is 44.6 Å². The predicted octanol–water partition coefficient (Wildman–Crippen LogP) is 1.80. The van der Waals surface area contributed by atoms with Crippen LogP contribution >= 0.6 is 11.3 Å². The highest BCUT2D eigenvalue weighted by atomic mass is 32.1. The standard InChI is InChI=1S/C12H21N3OS/c1-3-13-8-5-10-14-15-11(17-10)9-12(16-2)6-4-7-12/h13H,3-9H2,1-2H3. The van der Waals surface area contributed by atoms with Crippen molar-refractivity contribution in [3.8, 4) is 0 Å². The lowest BCUT2D eigenvalue weighted by molar-refractivity contribution is -0.0709. The molecule has 0 aromatic carbocycles. The van der Waals surface area contributed by atoms with Crippen LogP contribution in [0.2, 0.25) is 0 Å². The summed E-state index contributed by atoms with van der Waals surface area (Å²) in [6.45, 7) is 4.11. The number of likely N-dealkylation sites (N-methyl/N-ethyl adjacent to an activating group) is 1. The Morgan fingerprint density at radius 2 is 2.12 bits per heavy atom. The third kappa shape index (κ3) is 3.24. The largest absolute Gasteiger partial charge is 0.378 e. The molecule has 96 valence electrons. The summed E-state index contributed by atoms with van der Waals surface area (Å²) in [6.07, 6.45) is 5.51. The number of methoxy groups -OCH3 is 1. The van der Waals surface area contributed by atoms with Crippen molar-refractivity contribution in [2.24, 2.45) is 0 Å². The maximum Gasteiger partial charge on any atom is 0.120 e. The Bertz CT molecular complexity index is 344. The van der Waals surface area contributed by atoms with Crippen molar-refractivity contribution in [3.05, 3.63) is 10.0 Å². The molecule has 0 atom stereocenters. The molecule has 1 aromatic heterocycles. The number of nitrogens with one attached hydrogen (secondary N) is 1. The van der Waals surface area contributed by atoms with E-state index in [0.717, 1.165) is 48.8 Å². The number of hydrogen-bond donors (Lipinski definition) is 1. The third-order valence-electron chi connectivity index (χ3n) is 3.45. The zero-order valence-electron chi connectivity index (χ0n) is 10.7. The first-order valence-electron chi connectivity index (χ1n) is 6.35. The van der Waals surface area contributed by atoms with Crippen LogP contribution in [0, 0.1) is 0 Å². The lowest BCUT2D eigenvalue weighted by atomic mass is 9.78. The summed E-state index contributed by atoms with van der Waals surface area (Å²) in [7, 11) is 1.81. The van der Waals surface area contributed by atoms with E-state index in [0.29, 0.717) is 0 Å². The van der Waals surface area contributed by atoms with Gasteiger partial charge in [-0.2, -0.15) is 0 Å². The normalized spacial score (nSPS) is 18.0. The van der Waals surface area contributed by atoms with Crippen LogP contribution in [0.4, 0.5) is 0 Å². The van der Waals surface area contributed by atoms with Gasteiger partial charge < -0.3 is 10.1 Å². The Labute approximate surface area is 107 Å². The van der Waals surface area contributed by atoms with Gasteiger partial charge in [0.2, 0.25) is 0 Å². The second kappa shape index (κ2) is 5.89. The van der Waals surface area contributed by atoms with Crippen LogP contribution in [0.15, 0.2) is 0 Å². The maximum absolute atomic E-state index is 5.61. The molecule has 0 radical (unpaired) electrons. The van der Waals surface area contributed by atoms with Crippen LogP contribution in [0.25, 0.3) is 0 Å². The fourth-order valence-corrected chi connectivity index (χ4v) is 3.11. The van der Waals surface area contributed by atoms with Crippen molar-refractivity contribution >= 4 is 11.3 Å². The minimum absolute atomic E-state index is 0.0679. The Morgan fingerprint density at radius 1 is 1.35 bits per heavy atom. The van der Waals surface area contributed by atoms with Crippen molar-refractivity contribution < 1.29 is 4.74 Å². The second-order valence-corrected chi connectivity index (χ2v) is 5.76. The van der Waals surface area contributed by atoms with E-state index in [1.165, 1.54) is 6.42 Å². The van der Waals surface area contributed by atoms with Gasteiger partial charge in [-0.3, -0.25) is 0 Å². The van der Waals surface area contributed by atoms with Gasteiger partial charge in [-0.15, -0.1) is 21.5 Å². The van der Waals surface area contributed by atoms with E-state index in [9.17, 15) is 0 Å². The first-order chi connectivity index (χ1) is 8.28. The van der Waals surface area contributed by atoms with Gasteiger partial charge in [0, 0.05) is 26.5 Å². The Morgan fingerprint density at radius 3 is 2.71 bits per heavy atom. The lowest BCUT2D eigenvalue weighted by Crippen LogP contribution is -2.41. The molecule has 17 heavy (non-hydrogen) atoms. The predicted molar refractivity (Wildman–Crippen MR) is 69.5 cm³/mol. The van der Waals surface area contributed by atoms with Gasteiger partial charge in [0.25, 0.3) is 0 Å². The zero-order valence-corrected chi connectivity index (χ0v) is 11.5. The van der Waals surface area contributed by atoms with Gasteiger partial charge in [-0.05, 0) is 25.8 Å². The Balaban J connectivity index is 1.85. The lowest BCUT2D eigenvalue weighted by Gasteiger charge is -2.39. The number of rotatable bonds is 7. The molecule has 1 aliphatic rings. The fourth-order valence-electron chi connectivity index (χ4n) is 2.13.